The van der Waals surface area contributed by atoms with Gasteiger partial charge in [0.2, 0.25) is 0 Å². The topological polar surface area (TPSA) is 119 Å². The molecule has 1 amide bonds. The van der Waals surface area contributed by atoms with Crippen molar-refractivity contribution < 1.29 is 4.79 Å². The highest BCUT2D eigenvalue weighted by Crippen LogP contribution is 2.22. The van der Waals surface area contributed by atoms with Gasteiger partial charge in [0, 0.05) is 18.3 Å². The average Bonchev–Trinajstić information content (AvgIpc) is 2.43. The Balaban J connectivity index is 2.33. The molecule has 0 aliphatic heterocycles. The molecule has 23 heavy (non-hydrogen) atoms. The third-order valence-electron chi connectivity index (χ3n) is 3.11. The fourth-order valence-electron chi connectivity index (χ4n) is 2.18. The molecule has 0 saturated heterocycles. The van der Waals surface area contributed by atoms with Gasteiger partial charge in [-0.25, -0.2) is 9.97 Å². The molecule has 0 aliphatic carbocycles. The number of amides is 1. The molecule has 0 radical (unpaired) electrons. The standard InChI is InChI=1S/C16H22N6O/c1-9-4-11(3)21-14(5-9)22-13-6-12(19-7-10(2)17)8-20-15(13)16(18)23/h4-6,8,10,19H,7,17H2,1-3H3,(H2,18,23)(H,21,22). The van der Waals surface area contributed by atoms with Gasteiger partial charge >= 0.3 is 0 Å². The Morgan fingerprint density at radius 1 is 1.30 bits per heavy atom. The normalized spacial score (nSPS) is 11.8. The Kier molecular flexibility index (Phi) is 5.13. The van der Waals surface area contributed by atoms with E-state index in [9.17, 15) is 4.79 Å². The maximum Gasteiger partial charge on any atom is 0.269 e. The third kappa shape index (κ3) is 4.65. The van der Waals surface area contributed by atoms with Gasteiger partial charge < -0.3 is 22.1 Å². The van der Waals surface area contributed by atoms with Crippen molar-refractivity contribution in [3.63, 3.8) is 0 Å². The number of nitrogens with one attached hydrogen (secondary N) is 2. The number of aryl methyl sites for hydroxylation is 2. The van der Waals surface area contributed by atoms with Crippen LogP contribution in [0.15, 0.2) is 24.4 Å². The van der Waals surface area contributed by atoms with Gasteiger partial charge in [-0.2, -0.15) is 0 Å². The fourth-order valence-corrected chi connectivity index (χ4v) is 2.18. The van der Waals surface area contributed by atoms with Gasteiger partial charge in [-0.3, -0.25) is 4.79 Å². The number of hydrogen-bond acceptors (Lipinski definition) is 6. The number of pyridine rings is 2. The van der Waals surface area contributed by atoms with Gasteiger partial charge in [0.1, 0.15) is 5.82 Å². The predicted molar refractivity (Wildman–Crippen MR) is 91.9 cm³/mol. The largest absolute Gasteiger partial charge is 0.382 e. The number of nitrogens with zero attached hydrogens (tertiary/aromatic N) is 2. The monoisotopic (exact) mass is 314 g/mol. The van der Waals surface area contributed by atoms with Crippen LogP contribution in [-0.4, -0.2) is 28.5 Å². The second-order valence-electron chi connectivity index (χ2n) is 5.64. The molecule has 7 heteroatoms. The number of carbonyl (C=O) groups excluding carboxylic acids is 1. The molecule has 1 atom stereocenters. The van der Waals surface area contributed by atoms with Crippen LogP contribution in [0.5, 0.6) is 0 Å². The van der Waals surface area contributed by atoms with Crippen molar-refractivity contribution in [1.29, 1.82) is 0 Å². The maximum atomic E-state index is 11.6. The van der Waals surface area contributed by atoms with E-state index >= 15 is 0 Å². The first-order valence-electron chi connectivity index (χ1n) is 7.37. The second kappa shape index (κ2) is 7.06. The van der Waals surface area contributed by atoms with Crippen LogP contribution < -0.4 is 22.1 Å². The van der Waals surface area contributed by atoms with Crippen LogP contribution in [0, 0.1) is 13.8 Å². The Hall–Kier alpha value is -2.67. The van der Waals surface area contributed by atoms with E-state index < -0.39 is 5.91 Å². The Morgan fingerprint density at radius 3 is 2.65 bits per heavy atom. The first kappa shape index (κ1) is 16.7. The van der Waals surface area contributed by atoms with Gasteiger partial charge in [-0.1, -0.05) is 0 Å². The zero-order valence-corrected chi connectivity index (χ0v) is 13.6. The van der Waals surface area contributed by atoms with E-state index in [-0.39, 0.29) is 11.7 Å². The molecule has 6 N–H and O–H groups in total. The lowest BCUT2D eigenvalue weighted by Crippen LogP contribution is -2.25. The summed E-state index contributed by atoms with van der Waals surface area (Å²) in [4.78, 5) is 20.1. The highest BCUT2D eigenvalue weighted by Gasteiger charge is 2.12. The Morgan fingerprint density at radius 2 is 2.04 bits per heavy atom. The van der Waals surface area contributed by atoms with Gasteiger partial charge in [-0.05, 0) is 44.5 Å². The summed E-state index contributed by atoms with van der Waals surface area (Å²) in [5.41, 5.74) is 14.5. The summed E-state index contributed by atoms with van der Waals surface area (Å²) >= 11 is 0. The number of primary amides is 1. The van der Waals surface area contributed by atoms with Crippen LogP contribution in [0.3, 0.4) is 0 Å². The average molecular weight is 314 g/mol. The fraction of sp³-hybridized carbons (Fsp3) is 0.312. The molecule has 1 unspecified atom stereocenters. The molecule has 0 aromatic carbocycles. The lowest BCUT2D eigenvalue weighted by molar-refractivity contribution is 0.0996. The van der Waals surface area contributed by atoms with Crippen molar-refractivity contribution in [2.45, 2.75) is 26.8 Å². The van der Waals surface area contributed by atoms with Crippen LogP contribution >= 0.6 is 0 Å². The second-order valence-corrected chi connectivity index (χ2v) is 5.64. The summed E-state index contributed by atoms with van der Waals surface area (Å²) in [7, 11) is 0. The minimum atomic E-state index is -0.601. The molecule has 2 heterocycles. The van der Waals surface area contributed by atoms with Crippen LogP contribution in [0.2, 0.25) is 0 Å². The van der Waals surface area contributed by atoms with E-state index in [4.69, 9.17) is 11.5 Å². The molecular weight excluding hydrogens is 292 g/mol. The summed E-state index contributed by atoms with van der Waals surface area (Å²) < 4.78 is 0. The van der Waals surface area contributed by atoms with E-state index in [0.29, 0.717) is 18.1 Å². The lowest BCUT2D eigenvalue weighted by atomic mass is 10.2. The molecule has 122 valence electrons. The molecule has 2 aromatic rings. The van der Waals surface area contributed by atoms with Crippen molar-refractivity contribution in [2.24, 2.45) is 11.5 Å². The van der Waals surface area contributed by atoms with Crippen molar-refractivity contribution >= 4 is 23.1 Å². The molecule has 0 aliphatic rings. The molecule has 0 saturated carbocycles. The summed E-state index contributed by atoms with van der Waals surface area (Å²) in [6.45, 7) is 6.38. The number of rotatable bonds is 6. The van der Waals surface area contributed by atoms with E-state index in [1.54, 1.807) is 12.3 Å². The SMILES string of the molecule is Cc1cc(C)nc(Nc2cc(NCC(C)N)cnc2C(N)=O)c1. The number of anilines is 3. The van der Waals surface area contributed by atoms with E-state index in [0.717, 1.165) is 16.9 Å². The third-order valence-corrected chi connectivity index (χ3v) is 3.11. The molecule has 2 rings (SSSR count). The maximum absolute atomic E-state index is 11.6. The summed E-state index contributed by atoms with van der Waals surface area (Å²) in [6.07, 6.45) is 1.56. The predicted octanol–water partition coefficient (Wildman–Crippen LogP) is 1.70. The van der Waals surface area contributed by atoms with E-state index in [1.807, 2.05) is 32.9 Å². The van der Waals surface area contributed by atoms with Crippen LogP contribution in [0.1, 0.15) is 28.7 Å². The van der Waals surface area contributed by atoms with Crippen LogP contribution in [0.4, 0.5) is 17.2 Å². The minimum Gasteiger partial charge on any atom is -0.382 e. The van der Waals surface area contributed by atoms with Gasteiger partial charge in [0.25, 0.3) is 5.91 Å². The summed E-state index contributed by atoms with van der Waals surface area (Å²) in [6, 6.07) is 5.64. The number of aromatic nitrogens is 2. The summed E-state index contributed by atoms with van der Waals surface area (Å²) in [5.74, 6) is 0.0340. The molecule has 0 fully saturated rings. The lowest BCUT2D eigenvalue weighted by Gasteiger charge is -2.14. The Labute approximate surface area is 135 Å². The Bertz CT molecular complexity index is 693. The van der Waals surface area contributed by atoms with Crippen molar-refractivity contribution in [2.75, 3.05) is 17.2 Å². The zero-order valence-electron chi connectivity index (χ0n) is 13.6. The van der Waals surface area contributed by atoms with Crippen molar-refractivity contribution in [3.8, 4) is 0 Å². The number of carbonyl (C=O) groups is 1. The molecule has 0 bridgehead atoms. The summed E-state index contributed by atoms with van der Waals surface area (Å²) in [5, 5.41) is 6.28. The molecule has 7 nitrogen and oxygen atoms in total. The van der Waals surface area contributed by atoms with Gasteiger partial charge in [-0.15, -0.1) is 0 Å². The molecule has 2 aromatic heterocycles. The van der Waals surface area contributed by atoms with E-state index in [1.165, 1.54) is 0 Å². The first-order valence-corrected chi connectivity index (χ1v) is 7.37. The quantitative estimate of drug-likeness (QED) is 0.644. The highest BCUT2D eigenvalue weighted by atomic mass is 16.1. The van der Waals surface area contributed by atoms with Crippen LogP contribution in [-0.2, 0) is 0 Å². The van der Waals surface area contributed by atoms with Crippen LogP contribution in [0.25, 0.3) is 0 Å². The van der Waals surface area contributed by atoms with Gasteiger partial charge in [0.15, 0.2) is 5.69 Å². The molecule has 0 spiro atoms. The zero-order chi connectivity index (χ0) is 17.0. The van der Waals surface area contributed by atoms with Crippen molar-refractivity contribution in [1.82, 2.24) is 9.97 Å². The number of hydrogen-bond donors (Lipinski definition) is 4. The molecular formula is C16H22N6O. The van der Waals surface area contributed by atoms with Crippen molar-refractivity contribution in [3.05, 3.63) is 41.3 Å². The first-order chi connectivity index (χ1) is 10.8. The minimum absolute atomic E-state index is 0.00307. The smallest absolute Gasteiger partial charge is 0.269 e. The van der Waals surface area contributed by atoms with E-state index in [2.05, 4.69) is 20.6 Å². The highest BCUT2D eigenvalue weighted by molar-refractivity contribution is 5.97. The number of nitrogens with two attached hydrogens (primary N) is 2. The van der Waals surface area contributed by atoms with Gasteiger partial charge in [0.05, 0.1) is 17.6 Å².